The molecule has 1 heterocycles. The SMILES string of the molecule is CN(CC(C)(C)C)c1cc([N+](=O)[O-])cc(N)n1. The predicted molar refractivity (Wildman–Crippen MR) is 68.0 cm³/mol. The minimum absolute atomic E-state index is 0.0340. The summed E-state index contributed by atoms with van der Waals surface area (Å²) in [5.74, 6) is 0.682. The molecule has 0 aromatic carbocycles. The van der Waals surface area contributed by atoms with E-state index in [9.17, 15) is 10.1 Å². The summed E-state index contributed by atoms with van der Waals surface area (Å²) < 4.78 is 0. The molecule has 0 saturated carbocycles. The zero-order valence-corrected chi connectivity index (χ0v) is 10.6. The largest absolute Gasteiger partial charge is 0.383 e. The van der Waals surface area contributed by atoms with Gasteiger partial charge in [0.25, 0.3) is 5.69 Å². The van der Waals surface area contributed by atoms with Crippen molar-refractivity contribution >= 4 is 17.3 Å². The fraction of sp³-hybridized carbons (Fsp3) is 0.545. The second kappa shape index (κ2) is 4.57. The molecule has 2 N–H and O–H groups in total. The van der Waals surface area contributed by atoms with E-state index in [1.54, 1.807) is 0 Å². The van der Waals surface area contributed by atoms with Crippen molar-refractivity contribution in [1.82, 2.24) is 4.98 Å². The summed E-state index contributed by atoms with van der Waals surface area (Å²) in [5.41, 5.74) is 5.60. The lowest BCUT2D eigenvalue weighted by molar-refractivity contribution is -0.384. The van der Waals surface area contributed by atoms with Gasteiger partial charge in [0.05, 0.1) is 17.1 Å². The van der Waals surface area contributed by atoms with Gasteiger partial charge in [0.1, 0.15) is 11.6 Å². The van der Waals surface area contributed by atoms with Crippen molar-refractivity contribution in [2.45, 2.75) is 20.8 Å². The van der Waals surface area contributed by atoms with E-state index in [1.807, 2.05) is 11.9 Å². The highest BCUT2D eigenvalue weighted by molar-refractivity contribution is 5.53. The molecular weight excluding hydrogens is 220 g/mol. The molecule has 0 fully saturated rings. The number of hydrogen-bond acceptors (Lipinski definition) is 5. The molecule has 0 aliphatic rings. The zero-order valence-electron chi connectivity index (χ0n) is 10.6. The van der Waals surface area contributed by atoms with Crippen LogP contribution in [0.1, 0.15) is 20.8 Å². The van der Waals surface area contributed by atoms with Gasteiger partial charge in [-0.15, -0.1) is 0 Å². The number of rotatable bonds is 3. The molecule has 0 amide bonds. The number of pyridine rings is 1. The van der Waals surface area contributed by atoms with Gasteiger partial charge in [-0.3, -0.25) is 10.1 Å². The Morgan fingerprint density at radius 2 is 2.06 bits per heavy atom. The lowest BCUT2D eigenvalue weighted by atomic mass is 9.96. The first-order chi connectivity index (χ1) is 7.69. The van der Waals surface area contributed by atoms with Crippen LogP contribution in [0.3, 0.4) is 0 Å². The van der Waals surface area contributed by atoms with Crippen molar-refractivity contribution in [3.63, 3.8) is 0 Å². The van der Waals surface area contributed by atoms with Crippen LogP contribution in [0.4, 0.5) is 17.3 Å². The van der Waals surface area contributed by atoms with E-state index in [1.165, 1.54) is 12.1 Å². The van der Waals surface area contributed by atoms with Crippen LogP contribution in [-0.2, 0) is 0 Å². The van der Waals surface area contributed by atoms with E-state index < -0.39 is 4.92 Å². The molecule has 0 aliphatic heterocycles. The quantitative estimate of drug-likeness (QED) is 0.643. The van der Waals surface area contributed by atoms with Crippen molar-refractivity contribution in [3.05, 3.63) is 22.2 Å². The van der Waals surface area contributed by atoms with Gasteiger partial charge in [-0.25, -0.2) is 4.98 Å². The molecule has 0 spiro atoms. The third kappa shape index (κ3) is 3.90. The first-order valence-corrected chi connectivity index (χ1v) is 5.32. The van der Waals surface area contributed by atoms with Gasteiger partial charge >= 0.3 is 0 Å². The normalized spacial score (nSPS) is 11.3. The topological polar surface area (TPSA) is 85.3 Å². The van der Waals surface area contributed by atoms with Crippen LogP contribution in [0.5, 0.6) is 0 Å². The predicted octanol–water partition coefficient (Wildman–Crippen LogP) is 2.05. The molecule has 0 unspecified atom stereocenters. The van der Waals surface area contributed by atoms with Crippen molar-refractivity contribution in [3.8, 4) is 0 Å². The fourth-order valence-electron chi connectivity index (χ4n) is 1.62. The van der Waals surface area contributed by atoms with Crippen LogP contribution in [0.15, 0.2) is 12.1 Å². The lowest BCUT2D eigenvalue weighted by Gasteiger charge is -2.27. The summed E-state index contributed by atoms with van der Waals surface area (Å²) in [6, 6.07) is 2.69. The van der Waals surface area contributed by atoms with E-state index >= 15 is 0 Å². The molecule has 0 saturated heterocycles. The molecule has 0 bridgehead atoms. The standard InChI is InChI=1S/C11H18N4O2/c1-11(2,3)7-14(4)10-6-8(15(16)17)5-9(12)13-10/h5-6H,7H2,1-4H3,(H2,12,13). The number of anilines is 2. The maximum atomic E-state index is 10.7. The minimum Gasteiger partial charge on any atom is -0.383 e. The number of nitro groups is 1. The molecule has 1 rings (SSSR count). The summed E-state index contributed by atoms with van der Waals surface area (Å²) in [4.78, 5) is 16.2. The average Bonchev–Trinajstić information content (AvgIpc) is 2.13. The Balaban J connectivity index is 3.01. The number of hydrogen-bond donors (Lipinski definition) is 1. The van der Waals surface area contributed by atoms with E-state index in [0.717, 1.165) is 6.54 Å². The Labute approximate surface area is 101 Å². The highest BCUT2D eigenvalue weighted by Crippen LogP contribution is 2.23. The number of nitrogen functional groups attached to an aromatic ring is 1. The van der Waals surface area contributed by atoms with Crippen LogP contribution in [0.2, 0.25) is 0 Å². The molecule has 17 heavy (non-hydrogen) atoms. The minimum atomic E-state index is -0.466. The average molecular weight is 238 g/mol. The third-order valence-corrected chi connectivity index (χ3v) is 2.13. The maximum Gasteiger partial charge on any atom is 0.276 e. The Hall–Kier alpha value is -1.85. The van der Waals surface area contributed by atoms with E-state index in [4.69, 9.17) is 5.73 Å². The molecular formula is C11H18N4O2. The van der Waals surface area contributed by atoms with Crippen LogP contribution in [0.25, 0.3) is 0 Å². The molecule has 1 aromatic rings. The number of aromatic nitrogens is 1. The Bertz CT molecular complexity index is 426. The van der Waals surface area contributed by atoms with Gasteiger partial charge in [0.2, 0.25) is 0 Å². The van der Waals surface area contributed by atoms with Crippen molar-refractivity contribution in [2.24, 2.45) is 5.41 Å². The second-order valence-corrected chi connectivity index (χ2v) is 5.28. The van der Waals surface area contributed by atoms with Crippen LogP contribution in [0, 0.1) is 15.5 Å². The molecule has 6 nitrogen and oxygen atoms in total. The van der Waals surface area contributed by atoms with Gasteiger partial charge in [-0.1, -0.05) is 20.8 Å². The fourth-order valence-corrected chi connectivity index (χ4v) is 1.62. The van der Waals surface area contributed by atoms with Gasteiger partial charge in [0, 0.05) is 13.6 Å². The van der Waals surface area contributed by atoms with Gasteiger partial charge in [0.15, 0.2) is 0 Å². The monoisotopic (exact) mass is 238 g/mol. The number of nitrogens with zero attached hydrogens (tertiary/aromatic N) is 3. The molecule has 6 heteroatoms. The summed E-state index contributed by atoms with van der Waals surface area (Å²) in [7, 11) is 1.84. The lowest BCUT2D eigenvalue weighted by Crippen LogP contribution is -2.29. The van der Waals surface area contributed by atoms with Crippen LogP contribution >= 0.6 is 0 Å². The Morgan fingerprint density at radius 1 is 1.47 bits per heavy atom. The Kier molecular flexibility index (Phi) is 3.55. The van der Waals surface area contributed by atoms with Gasteiger partial charge in [-0.05, 0) is 5.41 Å². The molecule has 0 aliphatic carbocycles. The van der Waals surface area contributed by atoms with Crippen molar-refractivity contribution in [1.29, 1.82) is 0 Å². The zero-order chi connectivity index (χ0) is 13.2. The molecule has 94 valence electrons. The Morgan fingerprint density at radius 3 is 2.53 bits per heavy atom. The molecule has 0 atom stereocenters. The maximum absolute atomic E-state index is 10.7. The third-order valence-electron chi connectivity index (χ3n) is 2.13. The van der Waals surface area contributed by atoms with Crippen molar-refractivity contribution in [2.75, 3.05) is 24.2 Å². The van der Waals surface area contributed by atoms with Crippen molar-refractivity contribution < 1.29 is 4.92 Å². The van der Waals surface area contributed by atoms with E-state index in [2.05, 4.69) is 25.8 Å². The summed E-state index contributed by atoms with van der Waals surface area (Å²) in [6.45, 7) is 7.00. The van der Waals surface area contributed by atoms with E-state index in [0.29, 0.717) is 5.82 Å². The first-order valence-electron chi connectivity index (χ1n) is 5.32. The smallest absolute Gasteiger partial charge is 0.276 e. The summed E-state index contributed by atoms with van der Waals surface area (Å²) in [5, 5.41) is 10.7. The second-order valence-electron chi connectivity index (χ2n) is 5.28. The molecule has 1 aromatic heterocycles. The highest BCUT2D eigenvalue weighted by Gasteiger charge is 2.17. The first kappa shape index (κ1) is 13.2. The highest BCUT2D eigenvalue weighted by atomic mass is 16.6. The van der Waals surface area contributed by atoms with Gasteiger partial charge in [-0.2, -0.15) is 0 Å². The van der Waals surface area contributed by atoms with Crippen LogP contribution in [-0.4, -0.2) is 23.5 Å². The summed E-state index contributed by atoms with van der Waals surface area (Å²) >= 11 is 0. The molecule has 0 radical (unpaired) electrons. The number of nitrogens with two attached hydrogens (primary N) is 1. The summed E-state index contributed by atoms with van der Waals surface area (Å²) in [6.07, 6.45) is 0. The van der Waals surface area contributed by atoms with E-state index in [-0.39, 0.29) is 16.9 Å². The van der Waals surface area contributed by atoms with Gasteiger partial charge < -0.3 is 10.6 Å². The van der Waals surface area contributed by atoms with Crippen LogP contribution < -0.4 is 10.6 Å².